The second-order valence-corrected chi connectivity index (χ2v) is 31.0. The third kappa shape index (κ3) is 33.8. The van der Waals surface area contributed by atoms with Crippen LogP contribution < -0.4 is 75.3 Å². The van der Waals surface area contributed by atoms with Gasteiger partial charge in [-0.2, -0.15) is 37.9 Å². The Balaban J connectivity index is 1.25. The van der Waals surface area contributed by atoms with Gasteiger partial charge in [-0.05, 0) is 68.1 Å². The molecular weight excluding hydrogens is 1680 g/mol. The molecule has 680 valence electrons. The molecule has 124 heavy (non-hydrogen) atoms. The van der Waals surface area contributed by atoms with E-state index in [0.29, 0.717) is 28.5 Å². The van der Waals surface area contributed by atoms with Crippen LogP contribution in [0.3, 0.4) is 0 Å². The highest BCUT2D eigenvalue weighted by atomic mass is 32.1. The Morgan fingerprint density at radius 1 is 0.492 bits per heavy atom. The topological polar surface area (TPSA) is 679 Å². The summed E-state index contributed by atoms with van der Waals surface area (Å²) in [6.45, 7) is 1.01. The Hall–Kier alpha value is -11.9. The Labute approximate surface area is 729 Å². The average Bonchev–Trinajstić information content (AvgIpc) is 1.58. The van der Waals surface area contributed by atoms with E-state index in [2.05, 4.69) is 117 Å². The molecule has 11 amide bonds. The Morgan fingerprint density at radius 2 is 0.935 bits per heavy atom. The lowest BCUT2D eigenvalue weighted by atomic mass is 10.0. The largest absolute Gasteiger partial charge is 0.481 e. The van der Waals surface area contributed by atoms with E-state index in [1.807, 2.05) is 0 Å². The lowest BCUT2D eigenvalue weighted by molar-refractivity contribution is -0.149. The summed E-state index contributed by atoms with van der Waals surface area (Å²) >= 11 is 12.9. The molecular formula is C76H112N24O21S3. The predicted molar refractivity (Wildman–Crippen MR) is 457 cm³/mol. The van der Waals surface area contributed by atoms with Crippen molar-refractivity contribution in [1.82, 2.24) is 103 Å². The maximum atomic E-state index is 15.2. The number of aromatic amines is 2. The number of imidazole rings is 1. The molecule has 0 saturated carbocycles. The molecule has 11 atom stereocenters. The van der Waals surface area contributed by atoms with Crippen molar-refractivity contribution in [2.45, 2.75) is 151 Å². The van der Waals surface area contributed by atoms with Gasteiger partial charge in [0.2, 0.25) is 65.0 Å². The standard InChI is InChI=1S/C76H112N24O21S3/c1-42(2)63(74(120)121)95-72(118)57-17-10-22-100(57)73(119)50(16-9-21-83-76(79)80)89-71(117)56(40-124)93-67(113)52(30-44-32-84-47-14-7-6-13-46(44)47)91-64(110)48(15-8-20-82-75(77)78)87-66(112)51(29-43-11-4-3-5-12-43)90-68(114)53(31-45-33-81-41-85-45)92-65(111)49(18-19-59(102)103)88-70(116)55(39-123)94-69(115)54(38-122)86-58(101)34-98-27-25-96(35-60(104)105)23-24-97(36-61(106)107)26-28-99(98)37-62(108)109/h3-7,11-14,32-33,41-42,48-57,63,84,122-124H,8-10,15-31,34-40H2,1-2H3,(H,81,85)(H,86,101)(H,87,112)(H,88,116)(H,89,117)(H,90,114)(H,91,110)(H,92,111)(H,93,113)(H,94,115)(H,95,118)(H,102,103)(H,104,105)(H,106,107)(H,108,109)(H,120,121)(H4,77,78,82)(H4,79,80,83)/t48-,49-,50-,51+,52-,53-,54-,55-,56-,57-,63-/m0/s1. The van der Waals surface area contributed by atoms with E-state index in [1.54, 1.807) is 74.6 Å². The van der Waals surface area contributed by atoms with Crippen molar-refractivity contribution < 1.29 is 102 Å². The van der Waals surface area contributed by atoms with Gasteiger partial charge in [0.25, 0.3) is 0 Å². The number of nitrogens with one attached hydrogen (secondary N) is 16. The van der Waals surface area contributed by atoms with Crippen LogP contribution in [-0.4, -0.2) is 341 Å². The Morgan fingerprint density at radius 3 is 1.43 bits per heavy atom. The maximum absolute atomic E-state index is 15.2. The lowest BCUT2D eigenvalue weighted by Crippen LogP contribution is -2.61. The summed E-state index contributed by atoms with van der Waals surface area (Å²) in [7, 11) is 0. The van der Waals surface area contributed by atoms with Crippen molar-refractivity contribution in [3.05, 3.63) is 90.1 Å². The fourth-order valence-corrected chi connectivity index (χ4v) is 14.5. The Kier molecular flexibility index (Phi) is 41.7. The highest BCUT2D eigenvalue weighted by Gasteiger charge is 2.42. The van der Waals surface area contributed by atoms with Crippen molar-refractivity contribution in [2.24, 2.45) is 17.4 Å². The highest BCUT2D eigenvalue weighted by molar-refractivity contribution is 7.80. The molecule has 0 bridgehead atoms. The van der Waals surface area contributed by atoms with Crippen LogP contribution in [-0.2, 0) is 96.0 Å². The molecule has 0 unspecified atom stereocenters. The summed E-state index contributed by atoms with van der Waals surface area (Å²) in [5, 5.41) is 98.5. The SMILES string of the molecule is CC(C)[C@H](NC(=O)[C@@H]1CCCN1C(=O)[C@H](CCCNC(=N)N)NC(=O)[C@H](CS)NC(=O)[C@H](Cc1c[nH]c2ccccc12)NC(=O)[C@H](CCCNC(=N)N)NC(=O)[C@@H](Cc1ccccc1)NC(=O)[C@H](Cc1cnc[nH]1)NC(=O)[C@H](CCC(=O)O)NC(=O)[C@H](CS)NC(=O)[C@H](CS)NC(=O)CN1CCN(CC(=O)O)CCN(CC(=O)O)CCN1CC(=O)O)C(=O)O. The summed E-state index contributed by atoms with van der Waals surface area (Å²) in [4.78, 5) is 234. The molecule has 2 saturated heterocycles. The molecule has 4 aromatic rings. The zero-order valence-corrected chi connectivity index (χ0v) is 71.1. The number of likely N-dealkylation sites (tertiary alicyclic amines) is 1. The number of thiol groups is 3. The second kappa shape index (κ2) is 51.3. The number of aromatic nitrogens is 3. The molecule has 4 heterocycles. The van der Waals surface area contributed by atoms with Crippen LogP contribution in [0.15, 0.2) is 73.3 Å². The zero-order chi connectivity index (χ0) is 91.3. The third-order valence-electron chi connectivity index (χ3n) is 20.1. The number of rotatable bonds is 50. The normalized spacial score (nSPS) is 16.6. The minimum Gasteiger partial charge on any atom is -0.481 e. The number of amides is 11. The predicted octanol–water partition coefficient (Wildman–Crippen LogP) is -5.93. The number of nitrogens with two attached hydrogens (primary N) is 2. The summed E-state index contributed by atoms with van der Waals surface area (Å²) < 4.78 is 0. The molecule has 0 spiro atoms. The average molecular weight is 1790 g/mol. The number of carbonyl (C=O) groups is 16. The minimum absolute atomic E-state index is 0.00851. The molecule has 2 aliphatic heterocycles. The van der Waals surface area contributed by atoms with E-state index >= 15 is 19.2 Å². The van der Waals surface area contributed by atoms with E-state index in [9.17, 15) is 83.1 Å². The van der Waals surface area contributed by atoms with Gasteiger partial charge in [0, 0.05) is 131 Å². The summed E-state index contributed by atoms with van der Waals surface area (Å²) in [6, 6.07) is -1.70. The molecule has 6 rings (SSSR count). The summed E-state index contributed by atoms with van der Waals surface area (Å²) in [5.74, 6) is -19.7. The number of para-hydroxylation sites is 1. The first-order valence-electron chi connectivity index (χ1n) is 39.9. The van der Waals surface area contributed by atoms with Crippen LogP contribution in [0.2, 0.25) is 0 Å². The second-order valence-electron chi connectivity index (χ2n) is 29.9. The van der Waals surface area contributed by atoms with Crippen LogP contribution in [0.4, 0.5) is 0 Å². The fourth-order valence-electron chi connectivity index (χ4n) is 13.7. The molecule has 2 aromatic heterocycles. The fraction of sp³-hybridized carbons (Fsp3) is 0.539. The number of hydrazine groups is 1. The molecule has 25 N–H and O–H groups in total. The first-order valence-corrected chi connectivity index (χ1v) is 41.8. The number of carbonyl (C=O) groups excluding carboxylic acids is 11. The van der Waals surface area contributed by atoms with Crippen LogP contribution in [0.25, 0.3) is 10.9 Å². The van der Waals surface area contributed by atoms with Gasteiger partial charge in [-0.1, -0.05) is 62.4 Å². The van der Waals surface area contributed by atoms with Crippen LogP contribution in [0.5, 0.6) is 0 Å². The maximum Gasteiger partial charge on any atom is 0.326 e. The van der Waals surface area contributed by atoms with Crippen molar-refractivity contribution in [1.29, 1.82) is 10.8 Å². The first-order chi connectivity index (χ1) is 59.0. The lowest BCUT2D eigenvalue weighted by Gasteiger charge is -2.38. The number of hydrogen-bond donors (Lipinski definition) is 26. The van der Waals surface area contributed by atoms with Gasteiger partial charge in [0.1, 0.15) is 73.0 Å². The quantitative estimate of drug-likeness (QED) is 0.00847. The van der Waals surface area contributed by atoms with Crippen molar-refractivity contribution >= 4 is 156 Å². The van der Waals surface area contributed by atoms with E-state index in [4.69, 9.17) is 22.3 Å². The number of H-pyrrole nitrogens is 2. The number of fused-ring (bicyclic) bond motifs is 1. The van der Waals surface area contributed by atoms with E-state index in [1.165, 1.54) is 37.2 Å². The van der Waals surface area contributed by atoms with Crippen LogP contribution in [0, 0.1) is 16.7 Å². The zero-order valence-electron chi connectivity index (χ0n) is 68.4. The molecule has 48 heteroatoms. The van der Waals surface area contributed by atoms with Gasteiger partial charge < -0.3 is 116 Å². The van der Waals surface area contributed by atoms with E-state index in [0.717, 1.165) is 0 Å². The summed E-state index contributed by atoms with van der Waals surface area (Å²) in [6.07, 6.45) is 2.08. The van der Waals surface area contributed by atoms with Crippen molar-refractivity contribution in [3.8, 4) is 0 Å². The van der Waals surface area contributed by atoms with Gasteiger partial charge in [0.05, 0.1) is 26.0 Å². The molecule has 2 aromatic carbocycles. The monoisotopic (exact) mass is 1790 g/mol. The van der Waals surface area contributed by atoms with Gasteiger partial charge >= 0.3 is 29.8 Å². The van der Waals surface area contributed by atoms with Crippen molar-refractivity contribution in [2.75, 3.05) is 102 Å². The number of benzene rings is 2. The molecule has 2 aliphatic rings. The van der Waals surface area contributed by atoms with Gasteiger partial charge in [-0.25, -0.2) is 19.8 Å². The molecule has 0 radical (unpaired) electrons. The number of carboxylic acids is 5. The van der Waals surface area contributed by atoms with Crippen LogP contribution in [0.1, 0.15) is 82.0 Å². The highest BCUT2D eigenvalue weighted by Crippen LogP contribution is 2.23. The van der Waals surface area contributed by atoms with Crippen LogP contribution >= 0.6 is 37.9 Å². The van der Waals surface area contributed by atoms with E-state index in [-0.39, 0.29) is 116 Å². The smallest absolute Gasteiger partial charge is 0.326 e. The Bertz CT molecular complexity index is 4360. The molecule has 0 aliphatic carbocycles. The first kappa shape index (κ1) is 101. The summed E-state index contributed by atoms with van der Waals surface area (Å²) in [5.41, 5.74) is 13.0. The molecule has 45 nitrogen and oxygen atoms in total. The minimum atomic E-state index is -1.81. The van der Waals surface area contributed by atoms with Gasteiger partial charge in [0.15, 0.2) is 11.9 Å². The number of hydrogen-bond acceptors (Lipinski definition) is 26. The third-order valence-corrected chi connectivity index (χ3v) is 21.2. The number of aliphatic carboxylic acids is 5. The number of carboxylic acid groups (broad SMARTS) is 5. The van der Waals surface area contributed by atoms with Gasteiger partial charge in [-0.15, -0.1) is 0 Å². The number of guanidine groups is 2. The van der Waals surface area contributed by atoms with Crippen molar-refractivity contribution in [3.63, 3.8) is 0 Å². The van der Waals surface area contributed by atoms with Gasteiger partial charge in [-0.3, -0.25) is 92.5 Å². The van der Waals surface area contributed by atoms with E-state index < -0.39 is 236 Å². The molecule has 2 fully saturated rings. The number of nitrogens with zero attached hydrogens (tertiary/aromatic N) is 6.